The van der Waals surface area contributed by atoms with Crippen molar-refractivity contribution in [3.05, 3.63) is 48.2 Å². The smallest absolute Gasteiger partial charge is 0.276 e. The van der Waals surface area contributed by atoms with Gasteiger partial charge in [-0.25, -0.2) is 0 Å². The van der Waals surface area contributed by atoms with Crippen LogP contribution in [0.2, 0.25) is 0 Å². The number of carbonyl (C=O) groups is 1. The van der Waals surface area contributed by atoms with Gasteiger partial charge in [0.25, 0.3) is 5.91 Å². The first-order chi connectivity index (χ1) is 11.3. The number of nitrogens with zero attached hydrogens (tertiary/aromatic N) is 3. The molecule has 23 heavy (non-hydrogen) atoms. The Morgan fingerprint density at radius 1 is 1.00 bits per heavy atom. The Labute approximate surface area is 135 Å². The number of para-hydroxylation sites is 1. The van der Waals surface area contributed by atoms with E-state index in [-0.39, 0.29) is 5.91 Å². The van der Waals surface area contributed by atoms with E-state index in [0.717, 1.165) is 36.4 Å². The van der Waals surface area contributed by atoms with Crippen LogP contribution in [-0.4, -0.2) is 29.2 Å². The van der Waals surface area contributed by atoms with E-state index in [1.54, 1.807) is 6.07 Å². The summed E-state index contributed by atoms with van der Waals surface area (Å²) >= 11 is 0. The fourth-order valence-corrected chi connectivity index (χ4v) is 3.28. The molecule has 1 aliphatic carbocycles. The molecule has 1 unspecified atom stereocenters. The Kier molecular flexibility index (Phi) is 3.69. The molecule has 5 heteroatoms. The fraction of sp³-hybridized carbons (Fsp3) is 0.389. The van der Waals surface area contributed by atoms with Gasteiger partial charge in [0.15, 0.2) is 11.5 Å². The molecule has 1 atom stereocenters. The van der Waals surface area contributed by atoms with Crippen LogP contribution < -0.4 is 10.2 Å². The van der Waals surface area contributed by atoms with Gasteiger partial charge in [-0.15, -0.1) is 10.2 Å². The highest BCUT2D eigenvalue weighted by Crippen LogP contribution is 2.41. The first-order valence-electron chi connectivity index (χ1n) is 8.25. The van der Waals surface area contributed by atoms with Crippen molar-refractivity contribution < 1.29 is 4.79 Å². The minimum atomic E-state index is -0.229. The van der Waals surface area contributed by atoms with Crippen LogP contribution in [0.4, 0.5) is 11.5 Å². The van der Waals surface area contributed by atoms with Crippen LogP contribution in [-0.2, 0) is 0 Å². The van der Waals surface area contributed by atoms with Gasteiger partial charge < -0.3 is 10.2 Å². The summed E-state index contributed by atoms with van der Waals surface area (Å²) in [4.78, 5) is 14.5. The number of hydrogen-bond acceptors (Lipinski definition) is 4. The number of nitrogens with one attached hydrogen (secondary N) is 1. The van der Waals surface area contributed by atoms with E-state index >= 15 is 0 Å². The minimum Gasteiger partial charge on any atom is -0.355 e. The standard InChI is InChI=1S/C18H20N4O/c23-18(19-15-4-2-1-3-5-15)16-8-9-17(21-20-16)22-11-10-14(12-22)13-6-7-13/h1-5,8-9,13-14H,6-7,10-12H2,(H,19,23). The average molecular weight is 308 g/mol. The molecule has 2 aliphatic rings. The zero-order chi connectivity index (χ0) is 15.6. The van der Waals surface area contributed by atoms with Crippen LogP contribution in [0.15, 0.2) is 42.5 Å². The maximum Gasteiger partial charge on any atom is 0.276 e. The summed E-state index contributed by atoms with van der Waals surface area (Å²) in [5.41, 5.74) is 1.10. The summed E-state index contributed by atoms with van der Waals surface area (Å²) in [5, 5.41) is 11.2. The number of amides is 1. The molecule has 2 aromatic rings. The highest BCUT2D eigenvalue weighted by molar-refractivity contribution is 6.02. The van der Waals surface area contributed by atoms with Gasteiger partial charge in [-0.2, -0.15) is 0 Å². The number of benzene rings is 1. The molecule has 1 N–H and O–H groups in total. The van der Waals surface area contributed by atoms with Crippen molar-refractivity contribution in [2.45, 2.75) is 19.3 Å². The molecule has 1 aromatic carbocycles. The molecular weight excluding hydrogens is 288 g/mol. The Morgan fingerprint density at radius 3 is 2.52 bits per heavy atom. The molecule has 0 radical (unpaired) electrons. The van der Waals surface area contributed by atoms with Crippen molar-refractivity contribution in [1.29, 1.82) is 0 Å². The van der Waals surface area contributed by atoms with Crippen LogP contribution in [0.5, 0.6) is 0 Å². The third kappa shape index (κ3) is 3.18. The highest BCUT2D eigenvalue weighted by atomic mass is 16.1. The molecule has 4 rings (SSSR count). The van der Waals surface area contributed by atoms with Gasteiger partial charge >= 0.3 is 0 Å². The van der Waals surface area contributed by atoms with E-state index in [1.165, 1.54) is 19.3 Å². The van der Waals surface area contributed by atoms with Gasteiger partial charge in [0.05, 0.1) is 0 Å². The summed E-state index contributed by atoms with van der Waals surface area (Å²) in [5.74, 6) is 2.40. The quantitative estimate of drug-likeness (QED) is 0.943. The molecule has 0 spiro atoms. The summed E-state index contributed by atoms with van der Waals surface area (Å²) in [7, 11) is 0. The Hall–Kier alpha value is -2.43. The zero-order valence-electron chi connectivity index (χ0n) is 13.0. The second-order valence-corrected chi connectivity index (χ2v) is 6.43. The molecule has 1 aliphatic heterocycles. The zero-order valence-corrected chi connectivity index (χ0v) is 13.0. The molecule has 118 valence electrons. The van der Waals surface area contributed by atoms with Gasteiger partial charge in [0.2, 0.25) is 0 Å². The van der Waals surface area contributed by atoms with Crippen molar-refractivity contribution in [3.63, 3.8) is 0 Å². The predicted octanol–water partition coefficient (Wildman–Crippen LogP) is 2.97. The largest absolute Gasteiger partial charge is 0.355 e. The molecule has 1 amide bonds. The number of aromatic nitrogens is 2. The van der Waals surface area contributed by atoms with Crippen molar-refractivity contribution in [1.82, 2.24) is 10.2 Å². The Morgan fingerprint density at radius 2 is 1.83 bits per heavy atom. The van der Waals surface area contributed by atoms with Gasteiger partial charge in [0, 0.05) is 18.8 Å². The lowest BCUT2D eigenvalue weighted by Crippen LogP contribution is -2.22. The summed E-state index contributed by atoms with van der Waals surface area (Å²) in [6, 6.07) is 13.0. The molecule has 2 fully saturated rings. The molecule has 1 saturated carbocycles. The van der Waals surface area contributed by atoms with Crippen molar-refractivity contribution in [2.24, 2.45) is 11.8 Å². The van der Waals surface area contributed by atoms with Crippen molar-refractivity contribution in [3.8, 4) is 0 Å². The lowest BCUT2D eigenvalue weighted by Gasteiger charge is -2.16. The topological polar surface area (TPSA) is 58.1 Å². The molecular formula is C18H20N4O. The van der Waals surface area contributed by atoms with Gasteiger partial charge in [-0.3, -0.25) is 4.79 Å². The molecule has 2 heterocycles. The molecule has 5 nitrogen and oxygen atoms in total. The molecule has 0 bridgehead atoms. The van der Waals surface area contributed by atoms with Crippen LogP contribution in [0, 0.1) is 11.8 Å². The fourth-order valence-electron chi connectivity index (χ4n) is 3.28. The van der Waals surface area contributed by atoms with E-state index in [9.17, 15) is 4.79 Å². The van der Waals surface area contributed by atoms with Gasteiger partial charge in [-0.1, -0.05) is 18.2 Å². The molecule has 1 saturated heterocycles. The molecule has 1 aromatic heterocycles. The summed E-state index contributed by atoms with van der Waals surface area (Å²) in [6.07, 6.45) is 4.04. The van der Waals surface area contributed by atoms with Crippen LogP contribution in [0.3, 0.4) is 0 Å². The van der Waals surface area contributed by atoms with Crippen LogP contribution in [0.25, 0.3) is 0 Å². The number of anilines is 2. The van der Waals surface area contributed by atoms with Gasteiger partial charge in [-0.05, 0) is 55.4 Å². The first-order valence-corrected chi connectivity index (χ1v) is 8.25. The van der Waals surface area contributed by atoms with E-state index < -0.39 is 0 Å². The monoisotopic (exact) mass is 308 g/mol. The Balaban J connectivity index is 1.40. The maximum atomic E-state index is 12.2. The third-order valence-electron chi connectivity index (χ3n) is 4.75. The maximum absolute atomic E-state index is 12.2. The SMILES string of the molecule is O=C(Nc1ccccc1)c1ccc(N2CCC(C3CC3)C2)nn1. The number of rotatable bonds is 4. The minimum absolute atomic E-state index is 0.229. The van der Waals surface area contributed by atoms with Crippen LogP contribution >= 0.6 is 0 Å². The van der Waals surface area contributed by atoms with Crippen molar-refractivity contribution >= 4 is 17.4 Å². The van der Waals surface area contributed by atoms with E-state index in [1.807, 2.05) is 36.4 Å². The van der Waals surface area contributed by atoms with Crippen molar-refractivity contribution in [2.75, 3.05) is 23.3 Å². The normalized spacial score (nSPS) is 20.5. The second-order valence-electron chi connectivity index (χ2n) is 6.43. The van der Waals surface area contributed by atoms with E-state index in [0.29, 0.717) is 5.69 Å². The highest BCUT2D eigenvalue weighted by Gasteiger charge is 2.36. The second kappa shape index (κ2) is 5.99. The lowest BCUT2D eigenvalue weighted by molar-refractivity contribution is 0.102. The Bertz CT molecular complexity index is 682. The number of hydrogen-bond donors (Lipinski definition) is 1. The van der Waals surface area contributed by atoms with E-state index in [2.05, 4.69) is 20.4 Å². The lowest BCUT2D eigenvalue weighted by atomic mass is 10.0. The van der Waals surface area contributed by atoms with Crippen LogP contribution in [0.1, 0.15) is 29.8 Å². The summed E-state index contributed by atoms with van der Waals surface area (Å²) in [6.45, 7) is 2.13. The number of carbonyl (C=O) groups excluding carboxylic acids is 1. The first kappa shape index (κ1) is 14.2. The third-order valence-corrected chi connectivity index (χ3v) is 4.75. The van der Waals surface area contributed by atoms with Gasteiger partial charge in [0.1, 0.15) is 0 Å². The average Bonchev–Trinajstić information content (AvgIpc) is 3.33. The summed E-state index contributed by atoms with van der Waals surface area (Å²) < 4.78 is 0. The predicted molar refractivity (Wildman–Crippen MR) is 89.5 cm³/mol. The van der Waals surface area contributed by atoms with E-state index in [4.69, 9.17) is 0 Å².